The molecule has 0 aliphatic carbocycles. The fourth-order valence-electron chi connectivity index (χ4n) is 2.10. The van der Waals surface area contributed by atoms with Crippen molar-refractivity contribution in [2.45, 2.75) is 45.6 Å². The van der Waals surface area contributed by atoms with Crippen LogP contribution in [0.2, 0.25) is 0 Å². The topological polar surface area (TPSA) is 152 Å². The van der Waals surface area contributed by atoms with Crippen LogP contribution in [0.1, 0.15) is 45.9 Å². The summed E-state index contributed by atoms with van der Waals surface area (Å²) in [5, 5.41) is 16.1. The number of nitrogens with zero attached hydrogens (tertiary/aromatic N) is 2. The van der Waals surface area contributed by atoms with Crippen LogP contribution in [0.25, 0.3) is 11.5 Å². The van der Waals surface area contributed by atoms with Gasteiger partial charge < -0.3 is 20.1 Å². The molecule has 5 N–H and O–H groups in total. The van der Waals surface area contributed by atoms with E-state index in [9.17, 15) is 4.79 Å². The van der Waals surface area contributed by atoms with Crippen LogP contribution in [-0.2, 0) is 9.53 Å². The number of hydrogen-bond acceptors (Lipinski definition) is 6. The first-order valence-electron chi connectivity index (χ1n) is 7.72. The van der Waals surface area contributed by atoms with Gasteiger partial charge in [-0.3, -0.25) is 5.41 Å². The van der Waals surface area contributed by atoms with Crippen molar-refractivity contribution in [2.24, 2.45) is 0 Å². The summed E-state index contributed by atoms with van der Waals surface area (Å²) in [7, 11) is 5.66. The molecule has 9 heteroatoms. The Kier molecular flexibility index (Phi) is 8.36. The molecule has 1 atom stereocenters. The van der Waals surface area contributed by atoms with Gasteiger partial charge in [-0.05, 0) is 27.2 Å². The third-order valence-electron chi connectivity index (χ3n) is 3.27. The lowest BCUT2D eigenvalue weighted by Gasteiger charge is -2.21. The van der Waals surface area contributed by atoms with Crippen molar-refractivity contribution in [3.05, 3.63) is 30.2 Å². The van der Waals surface area contributed by atoms with Crippen LogP contribution in [0.3, 0.4) is 0 Å². The summed E-state index contributed by atoms with van der Waals surface area (Å²) in [6, 6.07) is 7.01. The monoisotopic (exact) mass is 361 g/mol. The van der Waals surface area contributed by atoms with Crippen LogP contribution in [-0.4, -0.2) is 46.3 Å². The van der Waals surface area contributed by atoms with Crippen LogP contribution in [0.5, 0.6) is 0 Å². The predicted molar refractivity (Wildman–Crippen MR) is 99.0 cm³/mol. The van der Waals surface area contributed by atoms with E-state index >= 15 is 0 Å². The fraction of sp³-hybridized carbons (Fsp3) is 0.412. The predicted octanol–water partition coefficient (Wildman–Crippen LogP) is 0.736. The van der Waals surface area contributed by atoms with Crippen LogP contribution >= 0.6 is 0 Å². The van der Waals surface area contributed by atoms with Crippen molar-refractivity contribution in [1.82, 2.24) is 10.2 Å². The van der Waals surface area contributed by atoms with Crippen molar-refractivity contribution in [3.63, 3.8) is 0 Å². The van der Waals surface area contributed by atoms with Gasteiger partial charge in [-0.1, -0.05) is 36.7 Å². The van der Waals surface area contributed by atoms with Gasteiger partial charge in [0.15, 0.2) is 0 Å². The minimum atomic E-state index is -0.679. The van der Waals surface area contributed by atoms with Crippen LogP contribution in [0.4, 0.5) is 0 Å². The van der Waals surface area contributed by atoms with Gasteiger partial charge in [0.2, 0.25) is 11.8 Å². The standard InChI is InChI=1S/C17H20BN3O3.2H2O/c1-5-12(13(19)16(22)24-17(2,3)4)15-21-20-14(23-15)10-6-8-11(18)9-7-10;;/h6-9,12,19H,5H2,1-4H3;2*1H2/t12-;;/m0../s1. The highest BCUT2D eigenvalue weighted by Crippen LogP contribution is 2.25. The molecule has 0 unspecified atom stereocenters. The minimum Gasteiger partial charge on any atom is -0.455 e. The number of carbonyl (C=O) groups excluding carboxylic acids is 1. The molecule has 0 aliphatic rings. The van der Waals surface area contributed by atoms with Gasteiger partial charge in [-0.2, -0.15) is 0 Å². The van der Waals surface area contributed by atoms with Gasteiger partial charge in [0.1, 0.15) is 19.2 Å². The first kappa shape index (κ1) is 23.5. The number of esters is 1. The lowest BCUT2D eigenvalue weighted by Crippen LogP contribution is -2.31. The van der Waals surface area contributed by atoms with E-state index in [0.717, 1.165) is 5.56 Å². The normalized spacial score (nSPS) is 11.7. The molecule has 0 aliphatic heterocycles. The largest absolute Gasteiger partial charge is 0.455 e. The van der Waals surface area contributed by atoms with Crippen molar-refractivity contribution in [3.8, 4) is 11.5 Å². The summed E-state index contributed by atoms with van der Waals surface area (Å²) in [4.78, 5) is 12.1. The van der Waals surface area contributed by atoms with E-state index in [1.165, 1.54) is 0 Å². The van der Waals surface area contributed by atoms with Gasteiger partial charge >= 0.3 is 5.97 Å². The Morgan fingerprint density at radius 2 is 1.81 bits per heavy atom. The van der Waals surface area contributed by atoms with E-state index in [4.69, 9.17) is 22.4 Å². The molecule has 1 aromatic heterocycles. The second-order valence-electron chi connectivity index (χ2n) is 6.44. The molecule has 0 saturated heterocycles. The average Bonchev–Trinajstić information content (AvgIpc) is 2.96. The summed E-state index contributed by atoms with van der Waals surface area (Å²) < 4.78 is 10.9. The highest BCUT2D eigenvalue weighted by Gasteiger charge is 2.30. The lowest BCUT2D eigenvalue weighted by atomic mass is 9.95. The summed E-state index contributed by atoms with van der Waals surface area (Å²) in [6.45, 7) is 7.11. The van der Waals surface area contributed by atoms with E-state index in [2.05, 4.69) is 10.2 Å². The molecule has 0 saturated carbocycles. The average molecular weight is 361 g/mol. The Bertz CT molecular complexity index is 738. The van der Waals surface area contributed by atoms with Gasteiger partial charge in [0.05, 0.1) is 5.92 Å². The van der Waals surface area contributed by atoms with Gasteiger partial charge in [-0.25, -0.2) is 4.79 Å². The van der Waals surface area contributed by atoms with Crippen molar-refractivity contribution < 1.29 is 24.9 Å². The number of rotatable bonds is 5. The molecular weight excluding hydrogens is 337 g/mol. The van der Waals surface area contributed by atoms with E-state index in [0.29, 0.717) is 17.8 Å². The minimum absolute atomic E-state index is 0. The summed E-state index contributed by atoms with van der Waals surface area (Å²) in [5.41, 5.74) is 0.504. The van der Waals surface area contributed by atoms with E-state index < -0.39 is 17.5 Å². The second-order valence-corrected chi connectivity index (χ2v) is 6.44. The molecule has 1 heterocycles. The Morgan fingerprint density at radius 1 is 1.23 bits per heavy atom. The third kappa shape index (κ3) is 5.78. The summed E-state index contributed by atoms with van der Waals surface area (Å²) >= 11 is 0. The number of ether oxygens (including phenoxy) is 1. The van der Waals surface area contributed by atoms with Gasteiger partial charge in [0.25, 0.3) is 0 Å². The third-order valence-corrected chi connectivity index (χ3v) is 3.27. The maximum Gasteiger partial charge on any atom is 0.353 e. The molecule has 0 bridgehead atoms. The number of carbonyl (C=O) groups is 1. The molecular formula is C17H24BN3O5. The molecule has 0 amide bonds. The lowest BCUT2D eigenvalue weighted by molar-refractivity contribution is -0.146. The van der Waals surface area contributed by atoms with Crippen molar-refractivity contribution >= 4 is 25.0 Å². The number of aromatic nitrogens is 2. The molecule has 2 radical (unpaired) electrons. The quantitative estimate of drug-likeness (QED) is 0.473. The molecule has 140 valence electrons. The highest BCUT2D eigenvalue weighted by atomic mass is 16.6. The zero-order valence-electron chi connectivity index (χ0n) is 15.3. The number of hydrogen-bond donors (Lipinski definition) is 1. The molecule has 2 aromatic rings. The summed E-state index contributed by atoms with van der Waals surface area (Å²) in [5.74, 6) is -0.739. The molecule has 8 nitrogen and oxygen atoms in total. The van der Waals surface area contributed by atoms with Crippen LogP contribution in [0.15, 0.2) is 28.7 Å². The van der Waals surface area contributed by atoms with Crippen molar-refractivity contribution in [1.29, 1.82) is 5.41 Å². The Labute approximate surface area is 153 Å². The van der Waals surface area contributed by atoms with Crippen LogP contribution in [0, 0.1) is 5.41 Å². The zero-order chi connectivity index (χ0) is 17.9. The van der Waals surface area contributed by atoms with E-state index in [-0.39, 0.29) is 22.6 Å². The number of nitrogens with one attached hydrogen (secondary N) is 1. The van der Waals surface area contributed by atoms with Gasteiger partial charge in [0, 0.05) is 5.56 Å². The molecule has 0 spiro atoms. The maximum atomic E-state index is 12.1. The smallest absolute Gasteiger partial charge is 0.353 e. The first-order chi connectivity index (χ1) is 11.2. The molecule has 0 fully saturated rings. The van der Waals surface area contributed by atoms with Gasteiger partial charge in [-0.15, -0.1) is 10.2 Å². The number of benzene rings is 1. The Balaban J connectivity index is 0.00000312. The molecule has 26 heavy (non-hydrogen) atoms. The molecule has 1 aromatic carbocycles. The maximum absolute atomic E-state index is 12.1. The van der Waals surface area contributed by atoms with E-state index in [1.807, 2.05) is 6.92 Å². The second kappa shape index (κ2) is 9.26. The Hall–Kier alpha value is -2.52. The first-order valence-corrected chi connectivity index (χ1v) is 7.72. The van der Waals surface area contributed by atoms with Crippen LogP contribution < -0.4 is 5.46 Å². The highest BCUT2D eigenvalue weighted by molar-refractivity contribution is 6.37. The zero-order valence-corrected chi connectivity index (χ0v) is 15.3. The Morgan fingerprint density at radius 3 is 2.31 bits per heavy atom. The molecule has 2 rings (SSSR count). The fourth-order valence-corrected chi connectivity index (χ4v) is 2.10. The SMILES string of the molecule is O.O.[B]c1ccc(-c2nnc([C@@H](CC)C(=N)C(=O)OC(C)(C)C)o2)cc1. The summed E-state index contributed by atoms with van der Waals surface area (Å²) in [6.07, 6.45) is 0.474. The van der Waals surface area contributed by atoms with Crippen molar-refractivity contribution in [2.75, 3.05) is 0 Å². The van der Waals surface area contributed by atoms with E-state index in [1.54, 1.807) is 45.0 Å².